The molecule has 1 unspecified atom stereocenters. The van der Waals surface area contributed by atoms with Crippen LogP contribution < -0.4 is 0 Å². The number of aliphatic hydroxyl groups excluding tert-OH is 1. The molecule has 0 spiro atoms. The predicted octanol–water partition coefficient (Wildman–Crippen LogP) is 3.94. The lowest BCUT2D eigenvalue weighted by atomic mass is 10.0. The van der Waals surface area contributed by atoms with E-state index >= 15 is 0 Å². The van der Waals surface area contributed by atoms with E-state index in [4.69, 9.17) is 11.6 Å². The van der Waals surface area contributed by atoms with Gasteiger partial charge in [-0.25, -0.2) is 0 Å². The van der Waals surface area contributed by atoms with Gasteiger partial charge < -0.3 is 5.11 Å². The van der Waals surface area contributed by atoms with Gasteiger partial charge in [0.15, 0.2) is 0 Å². The quantitative estimate of drug-likeness (QED) is 0.886. The van der Waals surface area contributed by atoms with Crippen LogP contribution >= 0.6 is 27.5 Å². The largest absolute Gasteiger partial charge is 0.388 e. The number of halogens is 2. The van der Waals surface area contributed by atoms with Crippen LogP contribution in [0.3, 0.4) is 0 Å². The highest BCUT2D eigenvalue weighted by molar-refractivity contribution is 9.10. The van der Waals surface area contributed by atoms with Gasteiger partial charge in [-0.15, -0.1) is 0 Å². The summed E-state index contributed by atoms with van der Waals surface area (Å²) in [5, 5.41) is 10.6. The Morgan fingerprint density at radius 2 is 2.21 bits per heavy atom. The first kappa shape index (κ1) is 10.5. The summed E-state index contributed by atoms with van der Waals surface area (Å²) in [5.41, 5.74) is 0.841. The van der Waals surface area contributed by atoms with Crippen molar-refractivity contribution in [3.63, 3.8) is 0 Å². The first-order valence-electron chi connectivity index (χ1n) is 4.80. The van der Waals surface area contributed by atoms with E-state index in [1.807, 2.05) is 18.2 Å². The van der Waals surface area contributed by atoms with Gasteiger partial charge in [-0.3, -0.25) is 0 Å². The number of rotatable bonds is 3. The standard InChI is InChI=1S/C11H12BrClO/c12-8-3-4-10(13)9(6-8)11(14)5-7-1-2-7/h3-4,6-7,11,14H,1-2,5H2. The van der Waals surface area contributed by atoms with Crippen molar-refractivity contribution in [1.29, 1.82) is 0 Å². The van der Waals surface area contributed by atoms with E-state index in [-0.39, 0.29) is 0 Å². The Balaban J connectivity index is 2.15. The third-order valence-electron chi connectivity index (χ3n) is 2.57. The zero-order chi connectivity index (χ0) is 10.1. The fourth-order valence-electron chi connectivity index (χ4n) is 1.57. The molecule has 76 valence electrons. The van der Waals surface area contributed by atoms with Crippen LogP contribution in [0.5, 0.6) is 0 Å². The van der Waals surface area contributed by atoms with Crippen molar-refractivity contribution in [2.75, 3.05) is 0 Å². The predicted molar refractivity (Wildman–Crippen MR) is 61.5 cm³/mol. The smallest absolute Gasteiger partial charge is 0.0807 e. The minimum Gasteiger partial charge on any atom is -0.388 e. The van der Waals surface area contributed by atoms with E-state index in [0.717, 1.165) is 16.5 Å². The minimum atomic E-state index is -0.410. The lowest BCUT2D eigenvalue weighted by Gasteiger charge is -2.12. The molecule has 1 atom stereocenters. The molecular weight excluding hydrogens is 263 g/mol. The zero-order valence-corrected chi connectivity index (χ0v) is 10.1. The summed E-state index contributed by atoms with van der Waals surface area (Å²) in [7, 11) is 0. The fraction of sp³-hybridized carbons (Fsp3) is 0.455. The number of aliphatic hydroxyl groups is 1. The second kappa shape index (κ2) is 4.21. The van der Waals surface area contributed by atoms with Crippen molar-refractivity contribution < 1.29 is 5.11 Å². The molecule has 0 amide bonds. The minimum absolute atomic E-state index is 0.410. The van der Waals surface area contributed by atoms with Crippen LogP contribution in [0.25, 0.3) is 0 Å². The number of benzene rings is 1. The van der Waals surface area contributed by atoms with Gasteiger partial charge in [0.25, 0.3) is 0 Å². The molecule has 1 aromatic carbocycles. The maximum Gasteiger partial charge on any atom is 0.0807 e. The molecule has 0 aromatic heterocycles. The summed E-state index contributed by atoms with van der Waals surface area (Å²) in [6.45, 7) is 0. The molecule has 2 rings (SSSR count). The Labute approximate surface area is 97.2 Å². The molecule has 1 saturated carbocycles. The monoisotopic (exact) mass is 274 g/mol. The van der Waals surface area contributed by atoms with Crippen LogP contribution in [0.15, 0.2) is 22.7 Å². The molecule has 1 N–H and O–H groups in total. The maximum atomic E-state index is 9.93. The first-order chi connectivity index (χ1) is 6.66. The summed E-state index contributed by atoms with van der Waals surface area (Å²) in [4.78, 5) is 0. The summed E-state index contributed by atoms with van der Waals surface area (Å²) in [6, 6.07) is 5.60. The lowest BCUT2D eigenvalue weighted by Crippen LogP contribution is -1.99. The topological polar surface area (TPSA) is 20.2 Å². The summed E-state index contributed by atoms with van der Waals surface area (Å²) >= 11 is 9.39. The van der Waals surface area contributed by atoms with Crippen LogP contribution in [-0.4, -0.2) is 5.11 Å². The van der Waals surface area contributed by atoms with Crippen molar-refractivity contribution in [3.8, 4) is 0 Å². The molecular formula is C11H12BrClO. The molecule has 0 radical (unpaired) electrons. The van der Waals surface area contributed by atoms with Crippen LogP contribution in [0, 0.1) is 5.92 Å². The molecule has 1 aliphatic rings. The third-order valence-corrected chi connectivity index (χ3v) is 3.41. The Hall–Kier alpha value is -0.0500. The number of hydrogen-bond donors (Lipinski definition) is 1. The second-order valence-electron chi connectivity index (χ2n) is 3.86. The van der Waals surface area contributed by atoms with Crippen molar-refractivity contribution in [1.82, 2.24) is 0 Å². The van der Waals surface area contributed by atoms with Gasteiger partial charge in [0.2, 0.25) is 0 Å². The highest BCUT2D eigenvalue weighted by Gasteiger charge is 2.26. The Bertz CT molecular complexity index is 336. The van der Waals surface area contributed by atoms with E-state index in [0.29, 0.717) is 10.9 Å². The van der Waals surface area contributed by atoms with Crippen molar-refractivity contribution in [2.24, 2.45) is 5.92 Å². The fourth-order valence-corrected chi connectivity index (χ4v) is 2.19. The van der Waals surface area contributed by atoms with E-state index in [9.17, 15) is 5.11 Å². The molecule has 1 fully saturated rings. The Morgan fingerprint density at radius 3 is 2.86 bits per heavy atom. The highest BCUT2D eigenvalue weighted by atomic mass is 79.9. The van der Waals surface area contributed by atoms with E-state index in [2.05, 4.69) is 15.9 Å². The van der Waals surface area contributed by atoms with Crippen LogP contribution in [-0.2, 0) is 0 Å². The van der Waals surface area contributed by atoms with Crippen LogP contribution in [0.1, 0.15) is 30.9 Å². The molecule has 0 heterocycles. The number of hydrogen-bond acceptors (Lipinski definition) is 1. The molecule has 3 heteroatoms. The first-order valence-corrected chi connectivity index (χ1v) is 5.97. The van der Waals surface area contributed by atoms with E-state index < -0.39 is 6.10 Å². The van der Waals surface area contributed by atoms with Gasteiger partial charge in [0.1, 0.15) is 0 Å². The highest BCUT2D eigenvalue weighted by Crippen LogP contribution is 2.39. The zero-order valence-electron chi connectivity index (χ0n) is 7.71. The van der Waals surface area contributed by atoms with Gasteiger partial charge in [-0.05, 0) is 30.5 Å². The molecule has 1 aromatic rings. The van der Waals surface area contributed by atoms with E-state index in [1.54, 1.807) is 0 Å². The van der Waals surface area contributed by atoms with Gasteiger partial charge >= 0.3 is 0 Å². The van der Waals surface area contributed by atoms with Crippen molar-refractivity contribution in [3.05, 3.63) is 33.3 Å². The van der Waals surface area contributed by atoms with Crippen molar-refractivity contribution >= 4 is 27.5 Å². The van der Waals surface area contributed by atoms with Crippen LogP contribution in [0.4, 0.5) is 0 Å². The second-order valence-corrected chi connectivity index (χ2v) is 5.18. The SMILES string of the molecule is OC(CC1CC1)c1cc(Br)ccc1Cl. The maximum absolute atomic E-state index is 9.93. The molecule has 0 saturated heterocycles. The lowest BCUT2D eigenvalue weighted by molar-refractivity contribution is 0.160. The molecule has 1 nitrogen and oxygen atoms in total. The summed E-state index contributed by atoms with van der Waals surface area (Å²) in [6.07, 6.45) is 2.94. The summed E-state index contributed by atoms with van der Waals surface area (Å²) in [5.74, 6) is 0.708. The average molecular weight is 276 g/mol. The summed E-state index contributed by atoms with van der Waals surface area (Å²) < 4.78 is 0.965. The van der Waals surface area contributed by atoms with Gasteiger partial charge in [-0.2, -0.15) is 0 Å². The average Bonchev–Trinajstić information content (AvgIpc) is 2.93. The van der Waals surface area contributed by atoms with E-state index in [1.165, 1.54) is 12.8 Å². The molecule has 1 aliphatic carbocycles. The van der Waals surface area contributed by atoms with Gasteiger partial charge in [0, 0.05) is 15.1 Å². The van der Waals surface area contributed by atoms with Gasteiger partial charge in [0.05, 0.1) is 6.10 Å². The molecule has 0 aliphatic heterocycles. The normalized spacial score (nSPS) is 18.2. The molecule has 0 bridgehead atoms. The van der Waals surface area contributed by atoms with Gasteiger partial charge in [-0.1, -0.05) is 40.4 Å². The Kier molecular flexibility index (Phi) is 3.15. The molecule has 14 heavy (non-hydrogen) atoms. The van der Waals surface area contributed by atoms with Crippen molar-refractivity contribution in [2.45, 2.75) is 25.4 Å². The third kappa shape index (κ3) is 2.50. The Morgan fingerprint density at radius 1 is 1.50 bits per heavy atom. The van der Waals surface area contributed by atoms with Crippen LogP contribution in [0.2, 0.25) is 5.02 Å².